The van der Waals surface area contributed by atoms with Crippen LogP contribution in [0.2, 0.25) is 0 Å². The summed E-state index contributed by atoms with van der Waals surface area (Å²) >= 11 is 0. The Morgan fingerprint density at radius 3 is 2.82 bits per heavy atom. The average molecular weight is 232 g/mol. The lowest BCUT2D eigenvalue weighted by atomic mass is 9.89. The van der Waals surface area contributed by atoms with Crippen molar-refractivity contribution in [3.8, 4) is 17.6 Å². The molecular weight excluding hydrogens is 216 g/mol. The molecule has 0 saturated carbocycles. The lowest BCUT2D eigenvalue weighted by Crippen LogP contribution is -2.33. The molecular formula is C13H16N2O2. The van der Waals surface area contributed by atoms with Gasteiger partial charge >= 0.3 is 0 Å². The zero-order valence-electron chi connectivity index (χ0n) is 10.1. The fourth-order valence-electron chi connectivity index (χ4n) is 2.31. The predicted octanol–water partition coefficient (Wildman–Crippen LogP) is 1.87. The van der Waals surface area contributed by atoms with Crippen LogP contribution in [0.25, 0.3) is 0 Å². The molecule has 2 rings (SSSR count). The van der Waals surface area contributed by atoms with Gasteiger partial charge in [-0.1, -0.05) is 0 Å². The fraction of sp³-hybridized carbons (Fsp3) is 0.462. The summed E-state index contributed by atoms with van der Waals surface area (Å²) in [4.78, 5) is 0. The molecule has 2 N–H and O–H groups in total. The van der Waals surface area contributed by atoms with E-state index in [1.165, 1.54) is 7.11 Å². The van der Waals surface area contributed by atoms with Gasteiger partial charge in [0.2, 0.25) is 0 Å². The lowest BCUT2D eigenvalue weighted by molar-refractivity contribution is 0.367. The average Bonchev–Trinajstić information content (AvgIpc) is 2.77. The minimum absolute atomic E-state index is 0.0830. The molecule has 17 heavy (non-hydrogen) atoms. The van der Waals surface area contributed by atoms with Crippen LogP contribution in [0.1, 0.15) is 30.9 Å². The number of nitrogens with one attached hydrogen (secondary N) is 1. The highest BCUT2D eigenvalue weighted by molar-refractivity contribution is 5.55. The van der Waals surface area contributed by atoms with Gasteiger partial charge in [0.05, 0.1) is 12.7 Å². The highest BCUT2D eigenvalue weighted by atomic mass is 16.5. The van der Waals surface area contributed by atoms with Gasteiger partial charge in [0.15, 0.2) is 11.5 Å². The molecule has 4 nitrogen and oxygen atoms in total. The van der Waals surface area contributed by atoms with E-state index in [2.05, 4.69) is 12.2 Å². The van der Waals surface area contributed by atoms with Gasteiger partial charge < -0.3 is 15.2 Å². The summed E-state index contributed by atoms with van der Waals surface area (Å²) in [6.45, 7) is 3.08. The molecule has 0 radical (unpaired) electrons. The summed E-state index contributed by atoms with van der Waals surface area (Å²) in [6, 6.07) is 5.53. The van der Waals surface area contributed by atoms with Gasteiger partial charge in [-0.05, 0) is 44.0 Å². The van der Waals surface area contributed by atoms with E-state index in [0.29, 0.717) is 5.75 Å². The largest absolute Gasteiger partial charge is 0.503 e. The Labute approximate surface area is 101 Å². The van der Waals surface area contributed by atoms with Crippen molar-refractivity contribution in [1.29, 1.82) is 5.26 Å². The minimum Gasteiger partial charge on any atom is -0.503 e. The molecule has 1 unspecified atom stereocenters. The predicted molar refractivity (Wildman–Crippen MR) is 64.0 cm³/mol. The van der Waals surface area contributed by atoms with Crippen LogP contribution in [0, 0.1) is 11.3 Å². The van der Waals surface area contributed by atoms with Crippen LogP contribution in [0.4, 0.5) is 0 Å². The van der Waals surface area contributed by atoms with E-state index in [4.69, 9.17) is 10.00 Å². The monoisotopic (exact) mass is 232 g/mol. The zero-order valence-corrected chi connectivity index (χ0v) is 10.1. The Morgan fingerprint density at radius 1 is 1.53 bits per heavy atom. The number of phenols is 1. The van der Waals surface area contributed by atoms with Crippen LogP contribution in [0.15, 0.2) is 12.1 Å². The molecule has 0 aliphatic carbocycles. The van der Waals surface area contributed by atoms with Gasteiger partial charge in [-0.15, -0.1) is 0 Å². The van der Waals surface area contributed by atoms with Crippen LogP contribution in [0.5, 0.6) is 11.5 Å². The number of nitrogens with zero attached hydrogens (tertiary/aromatic N) is 1. The molecule has 4 heteroatoms. The van der Waals surface area contributed by atoms with E-state index in [1.54, 1.807) is 12.1 Å². The van der Waals surface area contributed by atoms with Crippen LogP contribution >= 0.6 is 0 Å². The van der Waals surface area contributed by atoms with Crippen LogP contribution < -0.4 is 10.1 Å². The van der Waals surface area contributed by atoms with Crippen molar-refractivity contribution < 1.29 is 9.84 Å². The molecule has 1 aromatic rings. The number of aromatic hydroxyl groups is 1. The third kappa shape index (κ3) is 1.94. The number of hydrogen-bond acceptors (Lipinski definition) is 4. The molecule has 1 aromatic carbocycles. The Bertz CT molecular complexity index is 471. The topological polar surface area (TPSA) is 65.3 Å². The summed E-state index contributed by atoms with van der Waals surface area (Å²) in [6.07, 6.45) is 2.13. The second-order valence-corrected chi connectivity index (χ2v) is 4.55. The van der Waals surface area contributed by atoms with Crippen molar-refractivity contribution in [3.05, 3.63) is 23.3 Å². The van der Waals surface area contributed by atoms with E-state index in [0.717, 1.165) is 24.9 Å². The van der Waals surface area contributed by atoms with Crippen LogP contribution in [-0.4, -0.2) is 18.8 Å². The third-order valence-corrected chi connectivity index (χ3v) is 3.42. The molecule has 1 fully saturated rings. The van der Waals surface area contributed by atoms with Crippen molar-refractivity contribution in [1.82, 2.24) is 5.32 Å². The maximum atomic E-state index is 9.77. The van der Waals surface area contributed by atoms with Gasteiger partial charge in [-0.25, -0.2) is 0 Å². The first-order valence-corrected chi connectivity index (χ1v) is 5.67. The normalized spacial score (nSPS) is 23.4. The summed E-state index contributed by atoms with van der Waals surface area (Å²) in [5, 5.41) is 22.2. The first-order chi connectivity index (χ1) is 8.10. The number of benzene rings is 1. The van der Waals surface area contributed by atoms with Crippen molar-refractivity contribution in [2.75, 3.05) is 13.7 Å². The van der Waals surface area contributed by atoms with Gasteiger partial charge in [0.1, 0.15) is 6.07 Å². The minimum atomic E-state index is -0.132. The summed E-state index contributed by atoms with van der Waals surface area (Å²) in [5.74, 6) is 0.273. The highest BCUT2D eigenvalue weighted by Gasteiger charge is 2.31. The van der Waals surface area contributed by atoms with Crippen LogP contribution in [0.3, 0.4) is 0 Å². The number of hydrogen-bond donors (Lipinski definition) is 2. The van der Waals surface area contributed by atoms with Crippen molar-refractivity contribution in [3.63, 3.8) is 0 Å². The number of nitriles is 1. The molecule has 1 saturated heterocycles. The molecule has 0 amide bonds. The number of rotatable bonds is 2. The first-order valence-electron chi connectivity index (χ1n) is 5.67. The smallest absolute Gasteiger partial charge is 0.175 e. The Hall–Kier alpha value is -1.73. The molecule has 0 spiro atoms. The van der Waals surface area contributed by atoms with Gasteiger partial charge in [-0.3, -0.25) is 0 Å². The first kappa shape index (κ1) is 11.7. The van der Waals surface area contributed by atoms with Crippen molar-refractivity contribution in [2.45, 2.75) is 25.3 Å². The summed E-state index contributed by atoms with van der Waals surface area (Å²) in [7, 11) is 1.49. The van der Waals surface area contributed by atoms with E-state index >= 15 is 0 Å². The van der Waals surface area contributed by atoms with Crippen molar-refractivity contribution >= 4 is 0 Å². The molecule has 1 heterocycles. The second-order valence-electron chi connectivity index (χ2n) is 4.55. The van der Waals surface area contributed by atoms with E-state index in [1.807, 2.05) is 6.07 Å². The van der Waals surface area contributed by atoms with Crippen LogP contribution in [-0.2, 0) is 5.54 Å². The lowest BCUT2D eigenvalue weighted by Gasteiger charge is -2.26. The fourth-order valence-corrected chi connectivity index (χ4v) is 2.31. The molecule has 1 atom stereocenters. The summed E-state index contributed by atoms with van der Waals surface area (Å²) in [5.41, 5.74) is 1.11. The second kappa shape index (κ2) is 4.27. The van der Waals surface area contributed by atoms with E-state index in [9.17, 15) is 5.11 Å². The van der Waals surface area contributed by atoms with Gasteiger partial charge in [0.25, 0.3) is 0 Å². The molecule has 90 valence electrons. The molecule has 1 aliphatic heterocycles. The third-order valence-electron chi connectivity index (χ3n) is 3.42. The maximum Gasteiger partial charge on any atom is 0.175 e. The molecule has 0 bridgehead atoms. The maximum absolute atomic E-state index is 9.77. The highest BCUT2D eigenvalue weighted by Crippen LogP contribution is 2.38. The Kier molecular flexibility index (Phi) is 2.95. The summed E-state index contributed by atoms with van der Waals surface area (Å²) < 4.78 is 5.10. The van der Waals surface area contributed by atoms with Gasteiger partial charge in [0, 0.05) is 5.54 Å². The quantitative estimate of drug-likeness (QED) is 0.817. The van der Waals surface area contributed by atoms with E-state index in [-0.39, 0.29) is 16.9 Å². The molecule has 0 aromatic heterocycles. The SMILES string of the molecule is COc1cc(C2(C)CCCN2)cc(C#N)c1O. The number of ether oxygens (including phenoxy) is 1. The number of methoxy groups -OCH3 is 1. The number of phenolic OH excluding ortho intramolecular Hbond substituents is 1. The van der Waals surface area contributed by atoms with E-state index < -0.39 is 0 Å². The molecule has 1 aliphatic rings. The van der Waals surface area contributed by atoms with Gasteiger partial charge in [-0.2, -0.15) is 5.26 Å². The standard InChI is InChI=1S/C13H16N2O2/c1-13(4-3-5-15-13)10-6-9(8-14)12(16)11(7-10)17-2/h6-7,15-16H,3-5H2,1-2H3. The Morgan fingerprint density at radius 2 is 2.29 bits per heavy atom. The zero-order chi connectivity index (χ0) is 12.5. The Balaban J connectivity index is 2.52. The van der Waals surface area contributed by atoms with Crippen molar-refractivity contribution in [2.24, 2.45) is 0 Å².